The van der Waals surface area contributed by atoms with Crippen LogP contribution < -0.4 is 10.5 Å². The fraction of sp³-hybridized carbons (Fsp3) is 0.455. The SMILES string of the molecule is COc1ccc(N)cc1CSCCS(C)(=O)=O. The number of methoxy groups -OCH3 is 1. The lowest BCUT2D eigenvalue weighted by Gasteiger charge is -2.08. The minimum atomic E-state index is -2.88. The van der Waals surface area contributed by atoms with Gasteiger partial charge < -0.3 is 10.5 Å². The van der Waals surface area contributed by atoms with Crippen LogP contribution in [0.5, 0.6) is 5.75 Å². The third-order valence-electron chi connectivity index (χ3n) is 2.16. The van der Waals surface area contributed by atoms with Gasteiger partial charge in [0.1, 0.15) is 15.6 Å². The molecule has 0 aliphatic heterocycles. The molecule has 0 aromatic heterocycles. The molecule has 17 heavy (non-hydrogen) atoms. The molecule has 6 heteroatoms. The quantitative estimate of drug-likeness (QED) is 0.630. The summed E-state index contributed by atoms with van der Waals surface area (Å²) >= 11 is 1.56. The van der Waals surface area contributed by atoms with Gasteiger partial charge in [0.05, 0.1) is 12.9 Å². The summed E-state index contributed by atoms with van der Waals surface area (Å²) in [7, 11) is -1.27. The van der Waals surface area contributed by atoms with Gasteiger partial charge >= 0.3 is 0 Å². The molecule has 0 heterocycles. The van der Waals surface area contributed by atoms with E-state index in [4.69, 9.17) is 10.5 Å². The first kappa shape index (κ1) is 14.2. The van der Waals surface area contributed by atoms with Crippen molar-refractivity contribution in [3.63, 3.8) is 0 Å². The van der Waals surface area contributed by atoms with Gasteiger partial charge in [-0.05, 0) is 18.2 Å². The maximum Gasteiger partial charge on any atom is 0.148 e. The number of anilines is 1. The van der Waals surface area contributed by atoms with Crippen LogP contribution in [0.2, 0.25) is 0 Å². The van der Waals surface area contributed by atoms with Crippen molar-refractivity contribution in [2.45, 2.75) is 5.75 Å². The minimum absolute atomic E-state index is 0.197. The molecule has 0 atom stereocenters. The molecule has 0 radical (unpaired) electrons. The first-order valence-electron chi connectivity index (χ1n) is 5.10. The molecule has 1 aromatic rings. The number of thioether (sulfide) groups is 1. The number of nitrogens with two attached hydrogens (primary N) is 1. The number of benzene rings is 1. The molecule has 0 spiro atoms. The lowest BCUT2D eigenvalue weighted by Crippen LogP contribution is -2.05. The summed E-state index contributed by atoms with van der Waals surface area (Å²) in [6.45, 7) is 0. The fourth-order valence-electron chi connectivity index (χ4n) is 1.30. The average molecular weight is 275 g/mol. The van der Waals surface area contributed by atoms with E-state index >= 15 is 0 Å². The van der Waals surface area contributed by atoms with Crippen molar-refractivity contribution in [1.82, 2.24) is 0 Å². The van der Waals surface area contributed by atoms with Gasteiger partial charge in [-0.25, -0.2) is 8.42 Å². The average Bonchev–Trinajstić information content (AvgIpc) is 2.23. The summed E-state index contributed by atoms with van der Waals surface area (Å²) in [5.41, 5.74) is 7.37. The topological polar surface area (TPSA) is 69.4 Å². The monoisotopic (exact) mass is 275 g/mol. The Hall–Kier alpha value is -0.880. The molecule has 0 amide bonds. The molecule has 0 saturated heterocycles. The number of nitrogen functional groups attached to an aromatic ring is 1. The molecule has 0 aliphatic carbocycles. The highest BCUT2D eigenvalue weighted by Gasteiger charge is 2.05. The maximum absolute atomic E-state index is 11.0. The van der Waals surface area contributed by atoms with Crippen LogP contribution in [0.3, 0.4) is 0 Å². The van der Waals surface area contributed by atoms with E-state index in [-0.39, 0.29) is 5.75 Å². The van der Waals surface area contributed by atoms with Crippen molar-refractivity contribution in [2.75, 3.05) is 30.6 Å². The Bertz CT molecular complexity index is 472. The second-order valence-corrected chi connectivity index (χ2v) is 7.12. The van der Waals surface area contributed by atoms with Crippen LogP contribution in [-0.2, 0) is 15.6 Å². The molecule has 0 unspecified atom stereocenters. The molecule has 0 aliphatic rings. The van der Waals surface area contributed by atoms with Gasteiger partial charge in [-0.3, -0.25) is 0 Å². The second-order valence-electron chi connectivity index (χ2n) is 3.75. The van der Waals surface area contributed by atoms with Gasteiger partial charge in [-0.15, -0.1) is 0 Å². The Kier molecular flexibility index (Phi) is 5.14. The highest BCUT2D eigenvalue weighted by Crippen LogP contribution is 2.25. The van der Waals surface area contributed by atoms with Crippen LogP contribution in [0.1, 0.15) is 5.56 Å². The molecule has 0 saturated carbocycles. The maximum atomic E-state index is 11.0. The van der Waals surface area contributed by atoms with E-state index in [0.29, 0.717) is 17.2 Å². The largest absolute Gasteiger partial charge is 0.496 e. The smallest absolute Gasteiger partial charge is 0.148 e. The summed E-state index contributed by atoms with van der Waals surface area (Å²) in [6.07, 6.45) is 1.24. The van der Waals surface area contributed by atoms with E-state index in [1.165, 1.54) is 6.26 Å². The van der Waals surface area contributed by atoms with E-state index in [1.54, 1.807) is 24.9 Å². The molecule has 4 nitrogen and oxygen atoms in total. The Morgan fingerprint density at radius 2 is 2.12 bits per heavy atom. The van der Waals surface area contributed by atoms with Crippen molar-refractivity contribution < 1.29 is 13.2 Å². The summed E-state index contributed by atoms with van der Waals surface area (Å²) < 4.78 is 27.1. The standard InChI is InChI=1S/C11H17NO3S2/c1-15-11-4-3-10(12)7-9(11)8-16-5-6-17(2,13)14/h3-4,7H,5-6,8,12H2,1-2H3. The van der Waals surface area contributed by atoms with Crippen molar-refractivity contribution >= 4 is 27.3 Å². The van der Waals surface area contributed by atoms with Crippen LogP contribution in [0.25, 0.3) is 0 Å². The van der Waals surface area contributed by atoms with Crippen LogP contribution in [-0.4, -0.2) is 33.3 Å². The van der Waals surface area contributed by atoms with Crippen LogP contribution in [0, 0.1) is 0 Å². The highest BCUT2D eigenvalue weighted by atomic mass is 32.2. The van der Waals surface area contributed by atoms with Gasteiger partial charge in [0, 0.05) is 29.0 Å². The summed E-state index contributed by atoms with van der Waals surface area (Å²) in [5.74, 6) is 2.26. The third-order valence-corrected chi connectivity index (χ3v) is 4.37. The van der Waals surface area contributed by atoms with Crippen molar-refractivity contribution in [3.8, 4) is 5.75 Å². The van der Waals surface area contributed by atoms with E-state index in [9.17, 15) is 8.42 Å². The third kappa shape index (κ3) is 5.32. The number of ether oxygens (including phenoxy) is 1. The number of hydrogen-bond acceptors (Lipinski definition) is 5. The second kappa shape index (κ2) is 6.16. The van der Waals surface area contributed by atoms with Crippen LogP contribution in [0.15, 0.2) is 18.2 Å². The Balaban J connectivity index is 2.54. The zero-order valence-electron chi connectivity index (χ0n) is 9.97. The Morgan fingerprint density at radius 3 is 2.71 bits per heavy atom. The lowest BCUT2D eigenvalue weighted by molar-refractivity contribution is 0.411. The molecular weight excluding hydrogens is 258 g/mol. The lowest BCUT2D eigenvalue weighted by atomic mass is 10.2. The molecule has 0 fully saturated rings. The van der Waals surface area contributed by atoms with E-state index in [1.807, 2.05) is 12.1 Å². The molecular formula is C11H17NO3S2. The van der Waals surface area contributed by atoms with Gasteiger partial charge in [0.25, 0.3) is 0 Å². The van der Waals surface area contributed by atoms with Crippen molar-refractivity contribution in [3.05, 3.63) is 23.8 Å². The van der Waals surface area contributed by atoms with Crippen molar-refractivity contribution in [2.24, 2.45) is 0 Å². The van der Waals surface area contributed by atoms with Crippen molar-refractivity contribution in [1.29, 1.82) is 0 Å². The number of hydrogen-bond donors (Lipinski definition) is 1. The number of rotatable bonds is 6. The van der Waals surface area contributed by atoms with Gasteiger partial charge in [-0.2, -0.15) is 11.8 Å². The molecule has 2 N–H and O–H groups in total. The van der Waals surface area contributed by atoms with E-state index in [0.717, 1.165) is 11.3 Å². The molecule has 1 rings (SSSR count). The van der Waals surface area contributed by atoms with Crippen LogP contribution >= 0.6 is 11.8 Å². The van der Waals surface area contributed by atoms with Crippen LogP contribution in [0.4, 0.5) is 5.69 Å². The fourth-order valence-corrected chi connectivity index (χ4v) is 3.58. The normalized spacial score (nSPS) is 11.4. The predicted octanol–water partition coefficient (Wildman–Crippen LogP) is 1.56. The Labute approximate surface area is 106 Å². The first-order chi connectivity index (χ1) is 7.92. The van der Waals surface area contributed by atoms with Gasteiger partial charge in [0.15, 0.2) is 0 Å². The minimum Gasteiger partial charge on any atom is -0.496 e. The van der Waals surface area contributed by atoms with E-state index in [2.05, 4.69) is 0 Å². The zero-order valence-corrected chi connectivity index (χ0v) is 11.6. The van der Waals surface area contributed by atoms with E-state index < -0.39 is 9.84 Å². The van der Waals surface area contributed by atoms with Gasteiger partial charge in [-0.1, -0.05) is 0 Å². The first-order valence-corrected chi connectivity index (χ1v) is 8.32. The molecule has 0 bridgehead atoms. The molecule has 96 valence electrons. The molecule has 1 aromatic carbocycles. The predicted molar refractivity (Wildman–Crippen MR) is 73.3 cm³/mol. The zero-order chi connectivity index (χ0) is 12.9. The number of sulfone groups is 1. The summed E-state index contributed by atoms with van der Waals surface area (Å²) in [5, 5.41) is 0. The summed E-state index contributed by atoms with van der Waals surface area (Å²) in [6, 6.07) is 5.46. The summed E-state index contributed by atoms with van der Waals surface area (Å²) in [4.78, 5) is 0. The highest BCUT2D eigenvalue weighted by molar-refractivity contribution is 7.99. The van der Waals surface area contributed by atoms with Gasteiger partial charge in [0.2, 0.25) is 0 Å². The Morgan fingerprint density at radius 1 is 1.41 bits per heavy atom.